The minimum Gasteiger partial charge on any atom is -0.355 e. The van der Waals surface area contributed by atoms with Gasteiger partial charge < -0.3 is 5.32 Å². The molecule has 160 valence electrons. The number of anilines is 1. The smallest absolute Gasteiger partial charge is 0.273 e. The lowest BCUT2D eigenvalue weighted by Gasteiger charge is -2.04. The summed E-state index contributed by atoms with van der Waals surface area (Å²) < 4.78 is 0.531. The van der Waals surface area contributed by atoms with Gasteiger partial charge in [-0.2, -0.15) is 0 Å². The van der Waals surface area contributed by atoms with Crippen LogP contribution in [0.15, 0.2) is 52.9 Å². The van der Waals surface area contributed by atoms with E-state index in [1.54, 1.807) is 6.92 Å². The molecule has 0 radical (unpaired) electrons. The molecule has 0 aliphatic heterocycles. The first kappa shape index (κ1) is 22.4. The highest BCUT2D eigenvalue weighted by Crippen LogP contribution is 2.26. The van der Waals surface area contributed by atoms with E-state index in [0.717, 1.165) is 23.3 Å². The van der Waals surface area contributed by atoms with Gasteiger partial charge in [-0.25, -0.2) is 0 Å². The maximum Gasteiger partial charge on any atom is 0.273 e. The fraction of sp³-hybridized carbons (Fsp3) is 0.200. The van der Waals surface area contributed by atoms with Gasteiger partial charge >= 0.3 is 0 Å². The van der Waals surface area contributed by atoms with E-state index < -0.39 is 10.8 Å². The molecule has 9 nitrogen and oxygen atoms in total. The summed E-state index contributed by atoms with van der Waals surface area (Å²) in [6, 6.07) is 14.1. The Balaban J connectivity index is 1.46. The molecule has 0 saturated heterocycles. The fourth-order valence-corrected chi connectivity index (χ4v) is 4.18. The van der Waals surface area contributed by atoms with Crippen LogP contribution in [0.5, 0.6) is 0 Å². The number of amides is 2. The summed E-state index contributed by atoms with van der Waals surface area (Å²) in [7, 11) is 0. The highest BCUT2D eigenvalue weighted by molar-refractivity contribution is 8.01. The topological polar surface area (TPSA) is 127 Å². The van der Waals surface area contributed by atoms with E-state index >= 15 is 0 Å². The first-order valence-electron chi connectivity index (χ1n) is 9.25. The highest BCUT2D eigenvalue weighted by atomic mass is 32.2. The molecule has 0 atom stereocenters. The van der Waals surface area contributed by atoms with Crippen molar-refractivity contribution in [2.45, 2.75) is 17.7 Å². The van der Waals surface area contributed by atoms with Crippen LogP contribution in [0.2, 0.25) is 0 Å². The van der Waals surface area contributed by atoms with Crippen LogP contribution in [0.3, 0.4) is 0 Å². The van der Waals surface area contributed by atoms with Crippen molar-refractivity contribution >= 4 is 45.7 Å². The third-order valence-corrected chi connectivity index (χ3v) is 6.17. The molecule has 0 bridgehead atoms. The van der Waals surface area contributed by atoms with Crippen LogP contribution in [0, 0.1) is 17.0 Å². The molecule has 11 heteroatoms. The van der Waals surface area contributed by atoms with Crippen molar-refractivity contribution in [3.63, 3.8) is 0 Å². The van der Waals surface area contributed by atoms with Crippen LogP contribution in [0.4, 0.5) is 10.8 Å². The number of nitro benzene ring substituents is 1. The summed E-state index contributed by atoms with van der Waals surface area (Å²) in [4.78, 5) is 34.8. The minimum atomic E-state index is -0.531. The van der Waals surface area contributed by atoms with E-state index in [1.807, 2.05) is 30.3 Å². The number of hydrogen-bond acceptors (Lipinski definition) is 8. The molecule has 31 heavy (non-hydrogen) atoms. The Kier molecular flexibility index (Phi) is 7.68. The zero-order valence-corrected chi connectivity index (χ0v) is 18.2. The second kappa shape index (κ2) is 10.6. The van der Waals surface area contributed by atoms with E-state index in [0.29, 0.717) is 16.4 Å². The largest absolute Gasteiger partial charge is 0.355 e. The van der Waals surface area contributed by atoms with Gasteiger partial charge in [-0.1, -0.05) is 59.5 Å². The van der Waals surface area contributed by atoms with Gasteiger partial charge in [0.15, 0.2) is 4.34 Å². The number of rotatable bonds is 9. The lowest BCUT2D eigenvalue weighted by atomic mass is 10.1. The number of benzene rings is 2. The number of nitro groups is 1. The maximum absolute atomic E-state index is 12.3. The molecule has 0 spiro atoms. The molecule has 0 saturated carbocycles. The quantitative estimate of drug-likeness (QED) is 0.218. The van der Waals surface area contributed by atoms with Crippen LogP contribution in [-0.4, -0.2) is 39.2 Å². The summed E-state index contributed by atoms with van der Waals surface area (Å²) in [6.07, 6.45) is 0.753. The van der Waals surface area contributed by atoms with Crippen LogP contribution in [0.25, 0.3) is 0 Å². The van der Waals surface area contributed by atoms with Gasteiger partial charge in [0.2, 0.25) is 11.0 Å². The Labute approximate surface area is 186 Å². The minimum absolute atomic E-state index is 0.117. The maximum atomic E-state index is 12.3. The lowest BCUT2D eigenvalue weighted by molar-refractivity contribution is -0.385. The molecular weight excluding hydrogens is 438 g/mol. The van der Waals surface area contributed by atoms with Gasteiger partial charge in [0.1, 0.15) is 0 Å². The van der Waals surface area contributed by atoms with Crippen molar-refractivity contribution in [1.82, 2.24) is 15.5 Å². The van der Waals surface area contributed by atoms with Crippen LogP contribution >= 0.6 is 23.1 Å². The van der Waals surface area contributed by atoms with E-state index in [9.17, 15) is 19.7 Å². The average molecular weight is 458 g/mol. The van der Waals surface area contributed by atoms with Gasteiger partial charge in [0, 0.05) is 23.7 Å². The molecule has 2 aromatic carbocycles. The number of aryl methyl sites for hydroxylation is 1. The molecule has 2 amide bonds. The fourth-order valence-electron chi connectivity index (χ4n) is 2.60. The lowest BCUT2D eigenvalue weighted by Crippen LogP contribution is -2.27. The number of carbonyl (C=O) groups is 2. The third-order valence-electron chi connectivity index (χ3n) is 4.20. The second-order valence-corrected chi connectivity index (χ2v) is 8.66. The number of hydrogen-bond donors (Lipinski definition) is 2. The van der Waals surface area contributed by atoms with Crippen molar-refractivity contribution in [2.75, 3.05) is 17.6 Å². The Morgan fingerprint density at radius 2 is 1.94 bits per heavy atom. The third kappa shape index (κ3) is 6.59. The number of nitrogens with zero attached hydrogens (tertiary/aromatic N) is 3. The van der Waals surface area contributed by atoms with Crippen molar-refractivity contribution in [2.24, 2.45) is 0 Å². The molecule has 3 aromatic rings. The Morgan fingerprint density at radius 1 is 1.16 bits per heavy atom. The molecule has 0 fully saturated rings. The molecule has 0 unspecified atom stereocenters. The normalized spacial score (nSPS) is 10.5. The first-order chi connectivity index (χ1) is 14.9. The van der Waals surface area contributed by atoms with E-state index in [4.69, 9.17) is 0 Å². The van der Waals surface area contributed by atoms with Crippen molar-refractivity contribution in [1.29, 1.82) is 0 Å². The first-order valence-corrected chi connectivity index (χ1v) is 11.1. The number of aromatic nitrogens is 2. The van der Waals surface area contributed by atoms with Crippen LogP contribution in [-0.2, 0) is 11.2 Å². The molecule has 1 heterocycles. The second-order valence-electron chi connectivity index (χ2n) is 6.46. The van der Waals surface area contributed by atoms with Gasteiger partial charge in [-0.3, -0.25) is 25.0 Å². The zero-order chi connectivity index (χ0) is 22.2. The average Bonchev–Trinajstić information content (AvgIpc) is 3.20. The van der Waals surface area contributed by atoms with Crippen LogP contribution in [0.1, 0.15) is 21.5 Å². The van der Waals surface area contributed by atoms with Crippen molar-refractivity contribution in [3.05, 3.63) is 75.3 Å². The van der Waals surface area contributed by atoms with Crippen LogP contribution < -0.4 is 10.6 Å². The Hall–Kier alpha value is -3.31. The standard InChI is InChI=1S/C20H19N5O4S2/c1-13-7-8-15(11-16(13)25(28)29)18(27)22-19-23-24-20(31-19)30-12-17(26)21-10-9-14-5-3-2-4-6-14/h2-8,11H,9-10,12H2,1H3,(H,21,26)(H,22,23,27). The summed E-state index contributed by atoms with van der Waals surface area (Å²) in [6.45, 7) is 2.15. The monoisotopic (exact) mass is 457 g/mol. The molecule has 0 aliphatic rings. The Bertz CT molecular complexity index is 1090. The molecule has 1 aromatic heterocycles. The molecule has 3 rings (SSSR count). The van der Waals surface area contributed by atoms with Gasteiger partial charge in [0.25, 0.3) is 11.6 Å². The van der Waals surface area contributed by atoms with Crippen molar-refractivity contribution in [3.8, 4) is 0 Å². The number of nitrogens with one attached hydrogen (secondary N) is 2. The summed E-state index contributed by atoms with van der Waals surface area (Å²) in [5.41, 5.74) is 1.65. The van der Waals surface area contributed by atoms with Gasteiger partial charge in [-0.05, 0) is 25.0 Å². The van der Waals surface area contributed by atoms with E-state index in [-0.39, 0.29) is 28.0 Å². The summed E-state index contributed by atoms with van der Waals surface area (Å²) in [5.74, 6) is -0.454. The van der Waals surface area contributed by atoms with Crippen molar-refractivity contribution < 1.29 is 14.5 Å². The highest BCUT2D eigenvalue weighted by Gasteiger charge is 2.16. The Morgan fingerprint density at radius 3 is 2.68 bits per heavy atom. The SMILES string of the molecule is Cc1ccc(C(=O)Nc2nnc(SCC(=O)NCCc3ccccc3)s2)cc1[N+](=O)[O-]. The summed E-state index contributed by atoms with van der Waals surface area (Å²) in [5, 5.41) is 24.6. The summed E-state index contributed by atoms with van der Waals surface area (Å²) >= 11 is 2.35. The molecule has 0 aliphatic carbocycles. The zero-order valence-electron chi connectivity index (χ0n) is 16.5. The molecular formula is C20H19N5O4S2. The molecule has 2 N–H and O–H groups in total. The van der Waals surface area contributed by atoms with Gasteiger partial charge in [-0.15, -0.1) is 10.2 Å². The number of thioether (sulfide) groups is 1. The number of carbonyl (C=O) groups excluding carboxylic acids is 2. The van der Waals surface area contributed by atoms with E-state index in [2.05, 4.69) is 20.8 Å². The predicted octanol–water partition coefficient (Wildman–Crippen LogP) is 3.46. The van der Waals surface area contributed by atoms with Gasteiger partial charge in [0.05, 0.1) is 10.7 Å². The predicted molar refractivity (Wildman–Crippen MR) is 120 cm³/mol. The van der Waals surface area contributed by atoms with E-state index in [1.165, 1.54) is 30.0 Å².